The molecule has 3 rings (SSSR count). The van der Waals surface area contributed by atoms with E-state index in [1.807, 2.05) is 6.07 Å². The van der Waals surface area contributed by atoms with Gasteiger partial charge in [-0.1, -0.05) is 6.07 Å². The fraction of sp³-hybridized carbons (Fsp3) is 0.579. The number of hydrogen-bond acceptors (Lipinski definition) is 5. The number of benzene rings is 1. The molecule has 2 atom stereocenters. The first kappa shape index (κ1) is 19.7. The molecule has 0 amide bonds. The third kappa shape index (κ3) is 4.33. The molecule has 0 radical (unpaired) electrons. The van der Waals surface area contributed by atoms with Crippen LogP contribution in [0.2, 0.25) is 0 Å². The highest BCUT2D eigenvalue weighted by molar-refractivity contribution is 5.99. The van der Waals surface area contributed by atoms with E-state index in [-0.39, 0.29) is 24.2 Å². The maximum Gasteiger partial charge on any atom is 0.317 e. The highest BCUT2D eigenvalue weighted by Crippen LogP contribution is 2.36. The highest BCUT2D eigenvalue weighted by Gasteiger charge is 2.35. The van der Waals surface area contributed by atoms with Crippen LogP contribution in [0.4, 0.5) is 0 Å². The first-order valence-electron chi connectivity index (χ1n) is 8.71. The number of piperidine rings is 1. The molecule has 5 nitrogen and oxygen atoms in total. The minimum absolute atomic E-state index is 0. The second-order valence-corrected chi connectivity index (χ2v) is 6.58. The molecule has 25 heavy (non-hydrogen) atoms. The molecule has 6 heteroatoms. The number of likely N-dealkylation sites (tertiary alicyclic amines) is 1. The molecule has 1 aliphatic carbocycles. The van der Waals surface area contributed by atoms with Crippen molar-refractivity contribution in [2.45, 2.75) is 32.1 Å². The van der Waals surface area contributed by atoms with Gasteiger partial charge in [0.2, 0.25) is 0 Å². The number of nitrogens with zero attached hydrogens (tertiary/aromatic N) is 1. The summed E-state index contributed by atoms with van der Waals surface area (Å²) in [6, 6.07) is 6.29. The molecule has 0 aromatic heterocycles. The average molecular weight is 368 g/mol. The van der Waals surface area contributed by atoms with Crippen molar-refractivity contribution in [2.24, 2.45) is 5.92 Å². The van der Waals surface area contributed by atoms with E-state index in [2.05, 4.69) is 17.0 Å². The van der Waals surface area contributed by atoms with Crippen LogP contribution < -0.4 is 4.74 Å². The lowest BCUT2D eigenvalue weighted by Gasteiger charge is -2.32. The molecule has 0 spiro atoms. The zero-order valence-corrected chi connectivity index (χ0v) is 15.6. The van der Waals surface area contributed by atoms with Gasteiger partial charge in [0.25, 0.3) is 0 Å². The number of rotatable bonds is 5. The number of methoxy groups -OCH3 is 1. The van der Waals surface area contributed by atoms with Crippen LogP contribution in [0, 0.1) is 5.92 Å². The number of carbonyl (C=O) groups excluding carboxylic acids is 2. The van der Waals surface area contributed by atoms with Crippen LogP contribution in [0.3, 0.4) is 0 Å². The molecule has 138 valence electrons. The van der Waals surface area contributed by atoms with Crippen molar-refractivity contribution in [3.63, 3.8) is 0 Å². The van der Waals surface area contributed by atoms with E-state index < -0.39 is 5.92 Å². The lowest BCUT2D eigenvalue weighted by Crippen LogP contribution is -2.46. The topological polar surface area (TPSA) is 55.8 Å². The van der Waals surface area contributed by atoms with Gasteiger partial charge in [0.15, 0.2) is 0 Å². The fourth-order valence-electron chi connectivity index (χ4n) is 3.80. The lowest BCUT2D eigenvalue weighted by molar-refractivity contribution is -0.154. The summed E-state index contributed by atoms with van der Waals surface area (Å²) in [5, 5.41) is 0. The molecule has 1 saturated heterocycles. The van der Waals surface area contributed by atoms with Crippen molar-refractivity contribution in [2.75, 3.05) is 33.4 Å². The zero-order valence-electron chi connectivity index (χ0n) is 14.8. The Labute approximate surface area is 155 Å². The Hall–Kier alpha value is -1.59. The van der Waals surface area contributed by atoms with Gasteiger partial charge < -0.3 is 14.4 Å². The van der Waals surface area contributed by atoms with Crippen LogP contribution in [-0.2, 0) is 20.7 Å². The predicted octanol–water partition coefficient (Wildman–Crippen LogP) is 2.60. The molecule has 0 saturated carbocycles. The summed E-state index contributed by atoms with van der Waals surface area (Å²) in [4.78, 5) is 26.3. The Morgan fingerprint density at radius 3 is 2.84 bits per heavy atom. The monoisotopic (exact) mass is 367 g/mol. The summed E-state index contributed by atoms with van der Waals surface area (Å²) in [5.74, 6) is 0.341. The Morgan fingerprint density at radius 1 is 1.32 bits per heavy atom. The van der Waals surface area contributed by atoms with E-state index in [4.69, 9.17) is 9.47 Å². The standard InChI is InChI=1S/C19H25NO4.ClH/c1-3-24-19(22)17-12-20(9-8-18(17)21)11-14-5-4-13-6-7-15(23-2)10-16(13)14;/h6-7,10,14,17H,3-5,8-9,11-12H2,1-2H3;1H. The van der Waals surface area contributed by atoms with Crippen molar-refractivity contribution in [1.82, 2.24) is 4.90 Å². The van der Waals surface area contributed by atoms with E-state index in [0.29, 0.717) is 25.5 Å². The Morgan fingerprint density at radius 2 is 2.12 bits per heavy atom. The molecule has 1 fully saturated rings. The van der Waals surface area contributed by atoms with Crippen LogP contribution in [0.15, 0.2) is 18.2 Å². The molecular formula is C19H26ClNO4. The molecule has 1 aromatic rings. The summed E-state index contributed by atoms with van der Waals surface area (Å²) in [6.07, 6.45) is 2.62. The Bertz CT molecular complexity index is 634. The van der Waals surface area contributed by atoms with Crippen LogP contribution in [-0.4, -0.2) is 50.0 Å². The summed E-state index contributed by atoms with van der Waals surface area (Å²) < 4.78 is 10.4. The quantitative estimate of drug-likeness (QED) is 0.591. The number of ketones is 1. The van der Waals surface area contributed by atoms with Crippen LogP contribution in [0.25, 0.3) is 0 Å². The summed E-state index contributed by atoms with van der Waals surface area (Å²) in [6.45, 7) is 4.17. The molecule has 1 heterocycles. The smallest absolute Gasteiger partial charge is 0.317 e. The Balaban J connectivity index is 0.00000225. The maximum absolute atomic E-state index is 12.0. The van der Waals surface area contributed by atoms with E-state index in [0.717, 1.165) is 31.7 Å². The average Bonchev–Trinajstić information content (AvgIpc) is 2.98. The highest BCUT2D eigenvalue weighted by atomic mass is 35.5. The van der Waals surface area contributed by atoms with Gasteiger partial charge in [-0.15, -0.1) is 12.4 Å². The van der Waals surface area contributed by atoms with Gasteiger partial charge in [0.05, 0.1) is 13.7 Å². The molecule has 1 aliphatic heterocycles. The van der Waals surface area contributed by atoms with E-state index in [1.165, 1.54) is 11.1 Å². The van der Waals surface area contributed by atoms with Crippen molar-refractivity contribution in [1.29, 1.82) is 0 Å². The molecule has 2 unspecified atom stereocenters. The zero-order chi connectivity index (χ0) is 17.1. The van der Waals surface area contributed by atoms with Crippen molar-refractivity contribution < 1.29 is 19.1 Å². The summed E-state index contributed by atoms with van der Waals surface area (Å²) >= 11 is 0. The number of fused-ring (bicyclic) bond motifs is 1. The van der Waals surface area contributed by atoms with E-state index in [9.17, 15) is 9.59 Å². The van der Waals surface area contributed by atoms with Gasteiger partial charge >= 0.3 is 5.97 Å². The first-order valence-corrected chi connectivity index (χ1v) is 8.71. The van der Waals surface area contributed by atoms with E-state index >= 15 is 0 Å². The summed E-state index contributed by atoms with van der Waals surface area (Å²) in [5.41, 5.74) is 2.73. The molecule has 0 bridgehead atoms. The number of ether oxygens (including phenoxy) is 2. The molecule has 1 aromatic carbocycles. The number of hydrogen-bond donors (Lipinski definition) is 0. The van der Waals surface area contributed by atoms with Crippen molar-refractivity contribution >= 4 is 24.2 Å². The minimum Gasteiger partial charge on any atom is -0.497 e. The minimum atomic E-state index is -0.620. The number of carbonyl (C=O) groups is 2. The fourth-order valence-corrected chi connectivity index (χ4v) is 3.80. The molecule has 2 aliphatic rings. The third-order valence-electron chi connectivity index (χ3n) is 5.11. The number of esters is 1. The van der Waals surface area contributed by atoms with Crippen molar-refractivity contribution in [3.8, 4) is 5.75 Å². The van der Waals surface area contributed by atoms with Gasteiger partial charge in [-0.2, -0.15) is 0 Å². The van der Waals surface area contributed by atoms with Crippen LogP contribution >= 0.6 is 12.4 Å². The van der Waals surface area contributed by atoms with Crippen LogP contribution in [0.1, 0.15) is 36.8 Å². The van der Waals surface area contributed by atoms with Gasteiger partial charge in [0, 0.05) is 26.1 Å². The SMILES string of the molecule is CCOC(=O)C1CN(CC2CCc3ccc(OC)cc32)CCC1=O.Cl. The van der Waals surface area contributed by atoms with Gasteiger partial charge in [-0.05, 0) is 48.9 Å². The lowest BCUT2D eigenvalue weighted by atomic mass is 9.94. The number of Topliss-reactive ketones (excluding diaryl/α,β-unsaturated/α-hetero) is 1. The maximum atomic E-state index is 12.0. The van der Waals surface area contributed by atoms with Crippen LogP contribution in [0.5, 0.6) is 5.75 Å². The second-order valence-electron chi connectivity index (χ2n) is 6.58. The third-order valence-corrected chi connectivity index (χ3v) is 5.11. The van der Waals surface area contributed by atoms with E-state index in [1.54, 1.807) is 14.0 Å². The second kappa shape index (κ2) is 8.68. The number of halogens is 1. The number of aryl methyl sites for hydroxylation is 1. The first-order chi connectivity index (χ1) is 11.6. The molecular weight excluding hydrogens is 342 g/mol. The van der Waals surface area contributed by atoms with Gasteiger partial charge in [-0.25, -0.2) is 0 Å². The normalized spacial score (nSPS) is 22.9. The van der Waals surface area contributed by atoms with Gasteiger partial charge in [0.1, 0.15) is 17.5 Å². The predicted molar refractivity (Wildman–Crippen MR) is 97.5 cm³/mol. The van der Waals surface area contributed by atoms with Gasteiger partial charge in [-0.3, -0.25) is 9.59 Å². The largest absolute Gasteiger partial charge is 0.497 e. The van der Waals surface area contributed by atoms with Crippen molar-refractivity contribution in [3.05, 3.63) is 29.3 Å². The molecule has 0 N–H and O–H groups in total. The Kier molecular flexibility index (Phi) is 6.85. The summed E-state index contributed by atoms with van der Waals surface area (Å²) in [7, 11) is 1.69.